The number of hydrogen-bond donors (Lipinski definition) is 0. The maximum Gasteiger partial charge on any atom is 0.387 e. The number of benzene rings is 2. The molecule has 2 aromatic heterocycles. The topological polar surface area (TPSA) is 75.4 Å². The third kappa shape index (κ3) is 6.61. The molecule has 4 aromatic rings. The van der Waals surface area contributed by atoms with Crippen LogP contribution < -0.4 is 14.2 Å². The zero-order valence-electron chi connectivity index (χ0n) is 19.4. The number of rotatable bonds is 10. The number of alkyl halides is 4. The summed E-state index contributed by atoms with van der Waals surface area (Å²) < 4.78 is 74.4. The molecule has 1 unspecified atom stereocenters. The van der Waals surface area contributed by atoms with Gasteiger partial charge >= 0.3 is 13.2 Å². The van der Waals surface area contributed by atoms with Gasteiger partial charge in [-0.3, -0.25) is 9.78 Å². The molecule has 0 bridgehead atoms. The molecule has 0 aliphatic carbocycles. The monoisotopic (exact) mass is 530 g/mol. The summed E-state index contributed by atoms with van der Waals surface area (Å²) in [6.07, 6.45) is 4.10. The lowest BCUT2D eigenvalue weighted by Crippen LogP contribution is -2.24. The van der Waals surface area contributed by atoms with E-state index in [-0.39, 0.29) is 17.5 Å². The van der Waals surface area contributed by atoms with Gasteiger partial charge in [0.2, 0.25) is 0 Å². The molecule has 0 aliphatic heterocycles. The molecule has 0 N–H and O–H groups in total. The predicted molar refractivity (Wildman–Crippen MR) is 125 cm³/mol. The number of hydrogen-bond acceptors (Lipinski definition) is 5. The molecule has 0 fully saturated rings. The number of pyridine rings is 2. The van der Waals surface area contributed by atoms with E-state index in [0.717, 1.165) is 18.2 Å². The van der Waals surface area contributed by atoms with Crippen molar-refractivity contribution in [3.63, 3.8) is 0 Å². The maximum atomic E-state index is 13.5. The smallest absolute Gasteiger partial charge is 0.387 e. The second-order valence-electron chi connectivity index (χ2n) is 8.10. The molecule has 6 nitrogen and oxygen atoms in total. The minimum atomic E-state index is -3.29. The average molecular weight is 530 g/mol. The number of halogens is 5. The van der Waals surface area contributed by atoms with Gasteiger partial charge in [0.15, 0.2) is 29.7 Å². The van der Waals surface area contributed by atoms with Gasteiger partial charge in [0.1, 0.15) is 5.82 Å². The number of aromatic nitrogens is 2. The number of carbonyl (C=O) groups excluding carboxylic acids is 1. The Hall–Kier alpha value is -4.54. The van der Waals surface area contributed by atoms with Crippen molar-refractivity contribution in [3.8, 4) is 11.5 Å². The van der Waals surface area contributed by atoms with Gasteiger partial charge in [0.25, 0.3) is 0 Å². The van der Waals surface area contributed by atoms with Gasteiger partial charge in [-0.2, -0.15) is 22.3 Å². The summed E-state index contributed by atoms with van der Waals surface area (Å²) in [5, 5.41) is 11.4. The van der Waals surface area contributed by atoms with Gasteiger partial charge in [-0.15, -0.1) is 0 Å². The van der Waals surface area contributed by atoms with Crippen molar-refractivity contribution in [2.24, 2.45) is 0 Å². The highest BCUT2D eigenvalue weighted by molar-refractivity contribution is 6.08. The van der Waals surface area contributed by atoms with E-state index in [2.05, 4.69) is 14.5 Å². The Kier molecular flexibility index (Phi) is 8.15. The number of ether oxygens (including phenoxy) is 2. The maximum absolute atomic E-state index is 13.5. The molecule has 0 radical (unpaired) electrons. The van der Waals surface area contributed by atoms with Crippen LogP contribution in [0.1, 0.15) is 38.7 Å². The van der Waals surface area contributed by atoms with Gasteiger partial charge in [-0.1, -0.05) is 18.2 Å². The summed E-state index contributed by atoms with van der Waals surface area (Å²) in [6, 6.07) is 15.0. The van der Waals surface area contributed by atoms with Crippen molar-refractivity contribution in [1.82, 2.24) is 4.98 Å². The van der Waals surface area contributed by atoms with E-state index in [4.69, 9.17) is 0 Å². The molecule has 0 amide bonds. The van der Waals surface area contributed by atoms with Crippen LogP contribution in [0.25, 0.3) is 0 Å². The molecular weight excluding hydrogens is 511 g/mol. The number of ketones is 1. The Bertz CT molecular complexity index is 1400. The second kappa shape index (κ2) is 11.7. The van der Waals surface area contributed by atoms with E-state index in [9.17, 15) is 32.0 Å². The molecule has 4 rings (SSSR count). The SMILES string of the molecule is O=C(c1ccc(C(Cc2cc[n+]([O-])cc2)c2ccc(OC(F)F)c(OC(F)F)c2)nc1)c1cccc(F)c1. The third-order valence-electron chi connectivity index (χ3n) is 5.61. The lowest BCUT2D eigenvalue weighted by atomic mass is 9.88. The summed E-state index contributed by atoms with van der Waals surface area (Å²) in [4.78, 5) is 17.1. The third-order valence-corrected chi connectivity index (χ3v) is 5.61. The van der Waals surface area contributed by atoms with Crippen LogP contribution in [-0.2, 0) is 6.42 Å². The number of carbonyl (C=O) groups is 1. The molecule has 0 spiro atoms. The van der Waals surface area contributed by atoms with Crippen molar-refractivity contribution >= 4 is 5.78 Å². The minimum absolute atomic E-state index is 0.134. The van der Waals surface area contributed by atoms with Crippen LogP contribution in [0.3, 0.4) is 0 Å². The van der Waals surface area contributed by atoms with E-state index >= 15 is 0 Å². The lowest BCUT2D eigenvalue weighted by Gasteiger charge is -2.20. The van der Waals surface area contributed by atoms with Crippen LogP contribution in [0.4, 0.5) is 22.0 Å². The quantitative estimate of drug-likeness (QED) is 0.114. The minimum Gasteiger partial charge on any atom is -0.619 e. The molecule has 38 heavy (non-hydrogen) atoms. The Labute approximate surface area is 213 Å². The van der Waals surface area contributed by atoms with Crippen LogP contribution in [-0.4, -0.2) is 24.0 Å². The van der Waals surface area contributed by atoms with E-state index in [0.29, 0.717) is 21.6 Å². The van der Waals surface area contributed by atoms with Gasteiger partial charge in [0, 0.05) is 41.1 Å². The van der Waals surface area contributed by atoms with Crippen molar-refractivity contribution < 1.29 is 41.0 Å². The van der Waals surface area contributed by atoms with Crippen LogP contribution in [0.15, 0.2) is 85.3 Å². The molecular formula is C27H19F5N2O4. The van der Waals surface area contributed by atoms with Gasteiger partial charge in [-0.05, 0) is 53.9 Å². The highest BCUT2D eigenvalue weighted by Gasteiger charge is 2.22. The van der Waals surface area contributed by atoms with E-state index < -0.39 is 42.2 Å². The van der Waals surface area contributed by atoms with Crippen molar-refractivity contribution in [2.75, 3.05) is 0 Å². The van der Waals surface area contributed by atoms with Crippen LogP contribution in [0.5, 0.6) is 11.5 Å². The molecule has 0 aliphatic rings. The van der Waals surface area contributed by atoms with Crippen LogP contribution in [0, 0.1) is 11.0 Å². The first-order valence-corrected chi connectivity index (χ1v) is 11.2. The molecule has 0 saturated heterocycles. The van der Waals surface area contributed by atoms with Crippen molar-refractivity contribution in [2.45, 2.75) is 25.6 Å². The van der Waals surface area contributed by atoms with Crippen LogP contribution in [0.2, 0.25) is 0 Å². The first-order chi connectivity index (χ1) is 18.2. The highest BCUT2D eigenvalue weighted by atomic mass is 19.3. The molecule has 1 atom stereocenters. The number of nitrogens with zero attached hydrogens (tertiary/aromatic N) is 2. The fourth-order valence-electron chi connectivity index (χ4n) is 3.87. The first-order valence-electron chi connectivity index (χ1n) is 11.2. The summed E-state index contributed by atoms with van der Waals surface area (Å²) in [5.74, 6) is -2.81. The highest BCUT2D eigenvalue weighted by Crippen LogP contribution is 2.36. The van der Waals surface area contributed by atoms with E-state index in [1.165, 1.54) is 48.9 Å². The fraction of sp³-hybridized carbons (Fsp3) is 0.148. The average Bonchev–Trinajstić information content (AvgIpc) is 2.88. The van der Waals surface area contributed by atoms with Crippen molar-refractivity contribution in [3.05, 3.63) is 124 Å². The van der Waals surface area contributed by atoms with Gasteiger partial charge < -0.3 is 14.7 Å². The van der Waals surface area contributed by atoms with Crippen LogP contribution >= 0.6 is 0 Å². The fourth-order valence-corrected chi connectivity index (χ4v) is 3.87. The lowest BCUT2D eigenvalue weighted by molar-refractivity contribution is -0.605. The molecule has 2 aromatic carbocycles. The second-order valence-corrected chi connectivity index (χ2v) is 8.10. The largest absolute Gasteiger partial charge is 0.619 e. The summed E-state index contributed by atoms with van der Waals surface area (Å²) in [6.45, 7) is -6.55. The summed E-state index contributed by atoms with van der Waals surface area (Å²) in [7, 11) is 0. The summed E-state index contributed by atoms with van der Waals surface area (Å²) in [5.41, 5.74) is 1.79. The van der Waals surface area contributed by atoms with E-state index in [1.54, 1.807) is 18.2 Å². The zero-order chi connectivity index (χ0) is 27.2. The van der Waals surface area contributed by atoms with Gasteiger partial charge in [0.05, 0.1) is 0 Å². The molecule has 11 heteroatoms. The Balaban J connectivity index is 1.72. The van der Waals surface area contributed by atoms with E-state index in [1.807, 2.05) is 0 Å². The molecule has 196 valence electrons. The zero-order valence-corrected chi connectivity index (χ0v) is 19.4. The van der Waals surface area contributed by atoms with Crippen molar-refractivity contribution in [1.29, 1.82) is 0 Å². The predicted octanol–water partition coefficient (Wildman–Crippen LogP) is 5.66. The van der Waals surface area contributed by atoms with Gasteiger partial charge in [-0.25, -0.2) is 4.39 Å². The Morgan fingerprint density at radius 3 is 2.21 bits per heavy atom. The Morgan fingerprint density at radius 2 is 1.58 bits per heavy atom. The Morgan fingerprint density at radius 1 is 0.868 bits per heavy atom. The summed E-state index contributed by atoms with van der Waals surface area (Å²) >= 11 is 0. The molecule has 0 saturated carbocycles. The first kappa shape index (κ1) is 26.5. The molecule has 2 heterocycles. The standard InChI is InChI=1S/C27H19F5N2O4/c28-20-3-1-2-18(13-20)25(35)19-4-6-22(33-15-19)21(12-16-8-10-34(36)11-9-16)17-5-7-23(37-26(29)30)24(14-17)38-27(31)32/h1-11,13-15,21,26-27H,12H2. The normalized spacial score (nSPS) is 12.0.